The molecular formula is C14H19BrClNO2S. The molecule has 112 valence electrons. The monoisotopic (exact) mass is 379 g/mol. The number of sulfonamides is 1. The van der Waals surface area contributed by atoms with Crippen molar-refractivity contribution in [2.75, 3.05) is 0 Å². The number of nitrogens with one attached hydrogen (secondary N) is 1. The van der Waals surface area contributed by atoms with E-state index in [-0.39, 0.29) is 16.4 Å². The molecule has 2 rings (SSSR count). The van der Waals surface area contributed by atoms with Crippen molar-refractivity contribution in [3.05, 3.63) is 27.7 Å². The van der Waals surface area contributed by atoms with Gasteiger partial charge >= 0.3 is 0 Å². The summed E-state index contributed by atoms with van der Waals surface area (Å²) in [5, 5.41) is 0.503. The molecule has 1 saturated carbocycles. The summed E-state index contributed by atoms with van der Waals surface area (Å²) in [4.78, 5) is 0.247. The molecule has 1 N–H and O–H groups in total. The smallest absolute Gasteiger partial charge is 0.208 e. The van der Waals surface area contributed by atoms with Gasteiger partial charge in [-0.1, -0.05) is 31.9 Å². The van der Waals surface area contributed by atoms with Gasteiger partial charge in [-0.2, -0.15) is 0 Å². The SMILES string of the molecule is CC1(C)CCCC(NS(=O)(=O)c2ccc(Cl)c(Br)c2)C1. The van der Waals surface area contributed by atoms with Crippen LogP contribution in [0.3, 0.4) is 0 Å². The van der Waals surface area contributed by atoms with E-state index < -0.39 is 10.0 Å². The van der Waals surface area contributed by atoms with Crippen molar-refractivity contribution < 1.29 is 8.42 Å². The van der Waals surface area contributed by atoms with Crippen molar-refractivity contribution in [3.63, 3.8) is 0 Å². The number of benzene rings is 1. The van der Waals surface area contributed by atoms with Gasteiger partial charge in [-0.25, -0.2) is 13.1 Å². The van der Waals surface area contributed by atoms with Gasteiger partial charge in [0.15, 0.2) is 0 Å². The molecule has 0 amide bonds. The minimum atomic E-state index is -3.49. The lowest BCUT2D eigenvalue weighted by Gasteiger charge is -2.35. The molecule has 0 aliphatic heterocycles. The fraction of sp³-hybridized carbons (Fsp3) is 0.571. The zero-order valence-corrected chi connectivity index (χ0v) is 14.8. The van der Waals surface area contributed by atoms with Crippen molar-refractivity contribution in [1.82, 2.24) is 4.72 Å². The summed E-state index contributed by atoms with van der Waals surface area (Å²) < 4.78 is 28.2. The van der Waals surface area contributed by atoms with Crippen LogP contribution in [0.25, 0.3) is 0 Å². The molecule has 1 aromatic carbocycles. The summed E-state index contributed by atoms with van der Waals surface area (Å²) in [6.45, 7) is 4.37. The average molecular weight is 381 g/mol. The van der Waals surface area contributed by atoms with Crippen molar-refractivity contribution in [1.29, 1.82) is 0 Å². The molecule has 1 aliphatic rings. The first-order valence-corrected chi connectivity index (χ1v) is 9.32. The van der Waals surface area contributed by atoms with Crippen LogP contribution in [0.4, 0.5) is 0 Å². The zero-order valence-electron chi connectivity index (χ0n) is 11.6. The number of hydrogen-bond acceptors (Lipinski definition) is 2. The van der Waals surface area contributed by atoms with Gasteiger partial charge in [-0.15, -0.1) is 0 Å². The molecule has 0 saturated heterocycles. The Morgan fingerprint density at radius 2 is 2.10 bits per heavy atom. The van der Waals surface area contributed by atoms with Crippen molar-refractivity contribution in [2.24, 2.45) is 5.41 Å². The Hall–Kier alpha value is -0.100. The number of hydrogen-bond donors (Lipinski definition) is 1. The van der Waals surface area contributed by atoms with Crippen LogP contribution in [-0.4, -0.2) is 14.5 Å². The van der Waals surface area contributed by atoms with E-state index in [9.17, 15) is 8.42 Å². The summed E-state index contributed by atoms with van der Waals surface area (Å²) in [6.07, 6.45) is 3.99. The van der Waals surface area contributed by atoms with Crippen LogP contribution in [0.15, 0.2) is 27.6 Å². The van der Waals surface area contributed by atoms with Crippen LogP contribution >= 0.6 is 27.5 Å². The Morgan fingerprint density at radius 3 is 2.70 bits per heavy atom. The molecule has 0 aromatic heterocycles. The lowest BCUT2D eigenvalue weighted by molar-refractivity contribution is 0.212. The van der Waals surface area contributed by atoms with E-state index in [4.69, 9.17) is 11.6 Å². The molecule has 1 atom stereocenters. The van der Waals surface area contributed by atoms with Gasteiger partial charge in [-0.05, 0) is 58.8 Å². The van der Waals surface area contributed by atoms with Gasteiger partial charge in [-0.3, -0.25) is 0 Å². The van der Waals surface area contributed by atoms with Crippen LogP contribution < -0.4 is 4.72 Å². The van der Waals surface area contributed by atoms with Crippen molar-refractivity contribution in [2.45, 2.75) is 50.5 Å². The Bertz CT molecular complexity index is 601. The molecule has 20 heavy (non-hydrogen) atoms. The second kappa shape index (κ2) is 5.95. The van der Waals surface area contributed by atoms with Crippen molar-refractivity contribution in [3.8, 4) is 0 Å². The molecule has 1 aromatic rings. The Kier molecular flexibility index (Phi) is 4.84. The molecule has 1 aliphatic carbocycles. The average Bonchev–Trinajstić information content (AvgIpc) is 2.30. The lowest BCUT2D eigenvalue weighted by atomic mass is 9.75. The first-order chi connectivity index (χ1) is 9.20. The van der Waals surface area contributed by atoms with E-state index in [1.54, 1.807) is 12.1 Å². The molecular weight excluding hydrogens is 362 g/mol. The highest BCUT2D eigenvalue weighted by Gasteiger charge is 2.30. The highest BCUT2D eigenvalue weighted by molar-refractivity contribution is 9.10. The topological polar surface area (TPSA) is 46.2 Å². The summed E-state index contributed by atoms with van der Waals surface area (Å²) >= 11 is 9.16. The fourth-order valence-corrected chi connectivity index (χ4v) is 4.67. The maximum atomic E-state index is 12.4. The lowest BCUT2D eigenvalue weighted by Crippen LogP contribution is -2.40. The van der Waals surface area contributed by atoms with E-state index in [0.29, 0.717) is 9.50 Å². The summed E-state index contributed by atoms with van der Waals surface area (Å²) in [6, 6.07) is 4.67. The van der Waals surface area contributed by atoms with E-state index in [0.717, 1.165) is 25.7 Å². The largest absolute Gasteiger partial charge is 0.240 e. The van der Waals surface area contributed by atoms with Crippen LogP contribution in [-0.2, 0) is 10.0 Å². The first kappa shape index (κ1) is 16.3. The molecule has 6 heteroatoms. The van der Waals surface area contributed by atoms with Gasteiger partial charge in [0.25, 0.3) is 0 Å². The number of halogens is 2. The molecule has 0 heterocycles. The minimum Gasteiger partial charge on any atom is -0.208 e. The van der Waals surface area contributed by atoms with Gasteiger partial charge < -0.3 is 0 Å². The normalized spacial score (nSPS) is 22.7. The van der Waals surface area contributed by atoms with Crippen LogP contribution in [0, 0.1) is 5.41 Å². The van der Waals surface area contributed by atoms with E-state index >= 15 is 0 Å². The van der Waals surface area contributed by atoms with E-state index in [2.05, 4.69) is 34.5 Å². The second-order valence-electron chi connectivity index (χ2n) is 6.15. The Balaban J connectivity index is 2.16. The van der Waals surface area contributed by atoms with Crippen LogP contribution in [0.1, 0.15) is 39.5 Å². The molecule has 1 unspecified atom stereocenters. The minimum absolute atomic E-state index is 0.0122. The standard InChI is InChI=1S/C14H19BrClNO2S/c1-14(2)7-3-4-10(9-14)17-20(18,19)11-5-6-13(16)12(15)8-11/h5-6,8,10,17H,3-4,7,9H2,1-2H3. The highest BCUT2D eigenvalue weighted by Crippen LogP contribution is 2.35. The quantitative estimate of drug-likeness (QED) is 0.847. The van der Waals surface area contributed by atoms with Gasteiger partial charge in [0.05, 0.1) is 9.92 Å². The highest BCUT2D eigenvalue weighted by atomic mass is 79.9. The number of rotatable bonds is 3. The van der Waals surface area contributed by atoms with E-state index in [1.165, 1.54) is 6.07 Å². The van der Waals surface area contributed by atoms with Gasteiger partial charge in [0, 0.05) is 10.5 Å². The first-order valence-electron chi connectivity index (χ1n) is 6.67. The second-order valence-corrected chi connectivity index (χ2v) is 9.13. The molecule has 0 bridgehead atoms. The molecule has 1 fully saturated rings. The third-order valence-electron chi connectivity index (χ3n) is 3.73. The van der Waals surface area contributed by atoms with Gasteiger partial charge in [0.1, 0.15) is 0 Å². The van der Waals surface area contributed by atoms with Crippen LogP contribution in [0.2, 0.25) is 5.02 Å². The van der Waals surface area contributed by atoms with Crippen LogP contribution in [0.5, 0.6) is 0 Å². The Morgan fingerprint density at radius 1 is 1.40 bits per heavy atom. The summed E-state index contributed by atoms with van der Waals surface area (Å²) in [7, 11) is -3.49. The molecule has 0 radical (unpaired) electrons. The van der Waals surface area contributed by atoms with Gasteiger partial charge in [0.2, 0.25) is 10.0 Å². The predicted molar refractivity (Wildman–Crippen MR) is 85.5 cm³/mol. The predicted octanol–water partition coefficient (Wildman–Crippen LogP) is 4.35. The summed E-state index contributed by atoms with van der Waals surface area (Å²) in [5.41, 5.74) is 0.200. The zero-order chi connectivity index (χ0) is 15.0. The molecule has 0 spiro atoms. The Labute approximate surface area is 134 Å². The maximum absolute atomic E-state index is 12.4. The molecule has 3 nitrogen and oxygen atoms in total. The third-order valence-corrected chi connectivity index (χ3v) is 6.46. The fourth-order valence-electron chi connectivity index (χ4n) is 2.73. The maximum Gasteiger partial charge on any atom is 0.240 e. The van der Waals surface area contributed by atoms with Crippen molar-refractivity contribution >= 4 is 37.6 Å². The third kappa shape index (κ3) is 3.97. The van der Waals surface area contributed by atoms with E-state index in [1.807, 2.05) is 0 Å². The summed E-state index contributed by atoms with van der Waals surface area (Å²) in [5.74, 6) is 0.